The van der Waals surface area contributed by atoms with Gasteiger partial charge in [0.15, 0.2) is 11.6 Å². The quantitative estimate of drug-likeness (QED) is 0.492. The fourth-order valence-electron chi connectivity index (χ4n) is 4.18. The van der Waals surface area contributed by atoms with Crippen LogP contribution in [0.5, 0.6) is 0 Å². The number of aryl methyl sites for hydroxylation is 2. The molecule has 1 aliphatic heterocycles. The topological polar surface area (TPSA) is 103 Å². The molecule has 0 saturated carbocycles. The lowest BCUT2D eigenvalue weighted by atomic mass is 10.1. The molecule has 0 spiro atoms. The summed E-state index contributed by atoms with van der Waals surface area (Å²) in [6, 6.07) is 5.03. The highest BCUT2D eigenvalue weighted by atomic mass is 19.2. The van der Waals surface area contributed by atoms with Crippen LogP contribution in [-0.2, 0) is 11.3 Å². The number of carbonyl (C=O) groups excluding carboxylic acids is 1. The number of pyridine rings is 1. The van der Waals surface area contributed by atoms with Crippen molar-refractivity contribution >= 4 is 22.6 Å². The Morgan fingerprint density at radius 2 is 1.86 bits per heavy atom. The second kappa shape index (κ2) is 10.4. The number of nitrogens with one attached hydrogen (secondary N) is 2. The van der Waals surface area contributed by atoms with E-state index in [9.17, 15) is 18.4 Å². The van der Waals surface area contributed by atoms with Crippen molar-refractivity contribution in [3.05, 3.63) is 62.8 Å². The van der Waals surface area contributed by atoms with Crippen molar-refractivity contribution in [1.29, 1.82) is 0 Å². The van der Waals surface area contributed by atoms with Gasteiger partial charge in [-0.3, -0.25) is 14.5 Å². The normalized spacial score (nSPS) is 14.5. The first-order valence-electron chi connectivity index (χ1n) is 11.4. The molecule has 11 heteroatoms. The average molecular weight is 487 g/mol. The molecule has 3 heterocycles. The standard InChI is InChI=1S/C24H28F2N6O3/c1-14-19(5-4-17(28-14)24(34)27-6-11-35-3)32-9-7-31(8-10-32)13-16-12-18-22(21(26)20(16)25)29-15(2)23(33)30-18/h4-5,12H,6-11,13H2,1-3H3,(H,27,34)(H,30,33). The number of hydrogen-bond acceptors (Lipinski definition) is 7. The second-order valence-electron chi connectivity index (χ2n) is 8.52. The number of aromatic amines is 1. The molecule has 0 bridgehead atoms. The number of aromatic nitrogens is 3. The predicted molar refractivity (Wildman–Crippen MR) is 128 cm³/mol. The summed E-state index contributed by atoms with van der Waals surface area (Å²) in [6.07, 6.45) is 0. The summed E-state index contributed by atoms with van der Waals surface area (Å²) in [4.78, 5) is 39.2. The third kappa shape index (κ3) is 5.30. The summed E-state index contributed by atoms with van der Waals surface area (Å²) in [5.74, 6) is -2.25. The highest BCUT2D eigenvalue weighted by Crippen LogP contribution is 2.24. The largest absolute Gasteiger partial charge is 0.383 e. The molecule has 0 unspecified atom stereocenters. The van der Waals surface area contributed by atoms with Crippen molar-refractivity contribution in [3.8, 4) is 0 Å². The van der Waals surface area contributed by atoms with E-state index >= 15 is 0 Å². The molecule has 1 saturated heterocycles. The van der Waals surface area contributed by atoms with Crippen LogP contribution < -0.4 is 15.8 Å². The number of H-pyrrole nitrogens is 1. The number of benzene rings is 1. The van der Waals surface area contributed by atoms with E-state index in [4.69, 9.17) is 4.74 Å². The van der Waals surface area contributed by atoms with Crippen LogP contribution in [0.2, 0.25) is 0 Å². The van der Waals surface area contributed by atoms with Gasteiger partial charge in [-0.25, -0.2) is 18.7 Å². The second-order valence-corrected chi connectivity index (χ2v) is 8.52. The Balaban J connectivity index is 1.42. The van der Waals surface area contributed by atoms with Gasteiger partial charge in [-0.05, 0) is 32.0 Å². The highest BCUT2D eigenvalue weighted by molar-refractivity contribution is 5.92. The molecule has 0 aliphatic carbocycles. The van der Waals surface area contributed by atoms with Crippen LogP contribution in [0.3, 0.4) is 0 Å². The maximum Gasteiger partial charge on any atom is 0.269 e. The van der Waals surface area contributed by atoms with E-state index in [2.05, 4.69) is 25.2 Å². The molecule has 9 nitrogen and oxygen atoms in total. The Morgan fingerprint density at radius 3 is 2.54 bits per heavy atom. The number of piperazine rings is 1. The molecular weight excluding hydrogens is 458 g/mol. The summed E-state index contributed by atoms with van der Waals surface area (Å²) in [7, 11) is 1.57. The first-order valence-corrected chi connectivity index (χ1v) is 11.4. The molecule has 35 heavy (non-hydrogen) atoms. The van der Waals surface area contributed by atoms with Gasteiger partial charge >= 0.3 is 0 Å². The molecule has 1 aromatic carbocycles. The van der Waals surface area contributed by atoms with Gasteiger partial charge in [-0.15, -0.1) is 0 Å². The fourth-order valence-corrected chi connectivity index (χ4v) is 4.18. The molecule has 1 fully saturated rings. The van der Waals surface area contributed by atoms with E-state index in [1.807, 2.05) is 17.9 Å². The van der Waals surface area contributed by atoms with Crippen molar-refractivity contribution in [2.75, 3.05) is 51.3 Å². The fraction of sp³-hybridized carbons (Fsp3) is 0.417. The Kier molecular flexibility index (Phi) is 7.37. The SMILES string of the molecule is COCCNC(=O)c1ccc(N2CCN(Cc3cc4[nH]c(=O)c(C)nc4c(F)c3F)CC2)c(C)n1. The predicted octanol–water partition coefficient (Wildman–Crippen LogP) is 1.91. The van der Waals surface area contributed by atoms with E-state index in [1.165, 1.54) is 13.0 Å². The van der Waals surface area contributed by atoms with Crippen LogP contribution >= 0.6 is 0 Å². The maximum absolute atomic E-state index is 14.7. The van der Waals surface area contributed by atoms with Gasteiger partial charge < -0.3 is 19.9 Å². The van der Waals surface area contributed by atoms with Crippen molar-refractivity contribution < 1.29 is 18.3 Å². The van der Waals surface area contributed by atoms with Crippen molar-refractivity contribution in [2.24, 2.45) is 0 Å². The molecule has 1 amide bonds. The van der Waals surface area contributed by atoms with Crippen LogP contribution in [0.15, 0.2) is 23.0 Å². The van der Waals surface area contributed by atoms with Crippen molar-refractivity contribution in [2.45, 2.75) is 20.4 Å². The number of nitrogens with zero attached hydrogens (tertiary/aromatic N) is 4. The van der Waals surface area contributed by atoms with Crippen molar-refractivity contribution in [3.63, 3.8) is 0 Å². The summed E-state index contributed by atoms with van der Waals surface area (Å²) >= 11 is 0. The minimum Gasteiger partial charge on any atom is -0.383 e. The number of fused-ring (bicyclic) bond motifs is 1. The number of rotatable bonds is 7. The van der Waals surface area contributed by atoms with Gasteiger partial charge in [0, 0.05) is 51.9 Å². The number of ether oxygens (including phenoxy) is 1. The number of anilines is 1. The molecule has 186 valence electrons. The molecule has 1 aliphatic rings. The molecule has 2 aromatic heterocycles. The Hall–Kier alpha value is -3.44. The summed E-state index contributed by atoms with van der Waals surface area (Å²) in [5, 5.41) is 2.75. The highest BCUT2D eigenvalue weighted by Gasteiger charge is 2.23. The van der Waals surface area contributed by atoms with Crippen LogP contribution in [0.4, 0.5) is 14.5 Å². The summed E-state index contributed by atoms with van der Waals surface area (Å²) < 4.78 is 34.3. The van der Waals surface area contributed by atoms with E-state index in [0.29, 0.717) is 45.0 Å². The zero-order valence-corrected chi connectivity index (χ0v) is 20.0. The van der Waals surface area contributed by atoms with Crippen LogP contribution in [0, 0.1) is 25.5 Å². The number of carbonyl (C=O) groups is 1. The maximum atomic E-state index is 14.7. The van der Waals surface area contributed by atoms with E-state index in [-0.39, 0.29) is 34.7 Å². The van der Waals surface area contributed by atoms with Gasteiger partial charge in [0.25, 0.3) is 11.5 Å². The van der Waals surface area contributed by atoms with Gasteiger partial charge in [-0.1, -0.05) is 0 Å². The van der Waals surface area contributed by atoms with Gasteiger partial charge in [-0.2, -0.15) is 0 Å². The zero-order chi connectivity index (χ0) is 25.1. The third-order valence-corrected chi connectivity index (χ3v) is 6.10. The molecule has 2 N–H and O–H groups in total. The number of halogens is 2. The minimum atomic E-state index is -1.05. The summed E-state index contributed by atoms with van der Waals surface area (Å²) in [6.45, 7) is 6.93. The lowest BCUT2D eigenvalue weighted by Gasteiger charge is -2.36. The van der Waals surface area contributed by atoms with Crippen LogP contribution in [0.25, 0.3) is 11.0 Å². The first-order chi connectivity index (χ1) is 16.8. The zero-order valence-electron chi connectivity index (χ0n) is 20.0. The number of hydrogen-bond donors (Lipinski definition) is 2. The Labute approximate surface area is 201 Å². The molecule has 0 radical (unpaired) electrons. The molecular formula is C24H28F2N6O3. The van der Waals surface area contributed by atoms with Crippen LogP contribution in [0.1, 0.15) is 27.4 Å². The molecule has 0 atom stereocenters. The molecule has 4 rings (SSSR count). The van der Waals surface area contributed by atoms with E-state index in [0.717, 1.165) is 11.4 Å². The lowest BCUT2D eigenvalue weighted by molar-refractivity contribution is 0.0932. The first kappa shape index (κ1) is 24.7. The van der Waals surface area contributed by atoms with Crippen LogP contribution in [-0.4, -0.2) is 72.2 Å². The lowest BCUT2D eigenvalue weighted by Crippen LogP contribution is -2.46. The Bertz CT molecular complexity index is 1300. The van der Waals surface area contributed by atoms with E-state index in [1.54, 1.807) is 13.2 Å². The summed E-state index contributed by atoms with van der Waals surface area (Å²) in [5.41, 5.74) is 1.86. The van der Waals surface area contributed by atoms with Crippen molar-refractivity contribution in [1.82, 2.24) is 25.2 Å². The van der Waals surface area contributed by atoms with Gasteiger partial charge in [0.1, 0.15) is 16.9 Å². The average Bonchev–Trinajstić information content (AvgIpc) is 2.84. The van der Waals surface area contributed by atoms with Gasteiger partial charge in [0.05, 0.1) is 23.5 Å². The minimum absolute atomic E-state index is 0.0872. The third-order valence-electron chi connectivity index (χ3n) is 6.10. The van der Waals surface area contributed by atoms with E-state index < -0.39 is 17.2 Å². The molecule has 3 aromatic rings. The smallest absolute Gasteiger partial charge is 0.269 e. The number of amides is 1. The number of methoxy groups -OCH3 is 1. The Morgan fingerprint density at radius 1 is 1.11 bits per heavy atom. The monoisotopic (exact) mass is 486 g/mol. The van der Waals surface area contributed by atoms with Gasteiger partial charge in [0.2, 0.25) is 0 Å².